The van der Waals surface area contributed by atoms with Crippen molar-refractivity contribution in [2.24, 2.45) is 0 Å². The molecule has 34 heavy (non-hydrogen) atoms. The van der Waals surface area contributed by atoms with Gasteiger partial charge in [0.15, 0.2) is 0 Å². The Morgan fingerprint density at radius 1 is 1.24 bits per heavy atom. The smallest absolute Gasteiger partial charge is 0.251 e. The number of benzene rings is 2. The Morgan fingerprint density at radius 2 is 2.03 bits per heavy atom. The fraction of sp³-hybridized carbons (Fsp3) is 0.400. The summed E-state index contributed by atoms with van der Waals surface area (Å²) in [5, 5.41) is 5.95. The van der Waals surface area contributed by atoms with Crippen LogP contribution in [-0.2, 0) is 4.74 Å². The second kappa shape index (κ2) is 10.8. The number of nitrogens with one attached hydrogen (secondary N) is 2. The van der Waals surface area contributed by atoms with Crippen molar-refractivity contribution >= 4 is 28.4 Å². The normalized spacial score (nSPS) is 14.8. The monoisotopic (exact) mass is 466 g/mol. The third-order valence-electron chi connectivity index (χ3n) is 6.17. The van der Waals surface area contributed by atoms with Crippen molar-refractivity contribution in [3.8, 4) is 0 Å². The minimum absolute atomic E-state index is 0.168. The van der Waals surface area contributed by atoms with Crippen LogP contribution in [0.15, 0.2) is 42.6 Å². The zero-order valence-electron chi connectivity index (χ0n) is 19.8. The first-order chi connectivity index (χ1) is 16.5. The maximum absolute atomic E-state index is 13.9. The molecule has 2 N–H and O–H groups in total. The summed E-state index contributed by atoms with van der Waals surface area (Å²) in [5.74, 6) is 0.315. The zero-order valence-corrected chi connectivity index (χ0v) is 19.8. The summed E-state index contributed by atoms with van der Waals surface area (Å²) >= 11 is 0. The fourth-order valence-electron chi connectivity index (χ4n) is 4.06. The number of nitrogens with zero attached hydrogens (tertiary/aromatic N) is 4. The third-order valence-corrected chi connectivity index (χ3v) is 6.17. The number of ether oxygens (including phenoxy) is 1. The first kappa shape index (κ1) is 23.8. The van der Waals surface area contributed by atoms with Crippen molar-refractivity contribution in [2.75, 3.05) is 63.3 Å². The van der Waals surface area contributed by atoms with Gasteiger partial charge in [-0.05, 0) is 44.3 Å². The number of morpholine rings is 1. The number of amides is 1. The van der Waals surface area contributed by atoms with Gasteiger partial charge in [-0.1, -0.05) is 6.07 Å². The number of hydrogen-bond donors (Lipinski definition) is 2. The molecule has 1 atom stereocenters. The number of fused-ring (bicyclic) bond motifs is 1. The Balaban J connectivity index is 1.76. The molecule has 0 spiro atoms. The second-order valence-corrected chi connectivity index (χ2v) is 8.39. The molecule has 1 amide bonds. The van der Waals surface area contributed by atoms with Crippen LogP contribution in [0.3, 0.4) is 0 Å². The van der Waals surface area contributed by atoms with Gasteiger partial charge in [-0.3, -0.25) is 9.78 Å². The van der Waals surface area contributed by atoms with Crippen molar-refractivity contribution in [3.63, 3.8) is 0 Å². The Morgan fingerprint density at radius 3 is 2.76 bits per heavy atom. The first-order valence-electron chi connectivity index (χ1n) is 11.5. The quantitative estimate of drug-likeness (QED) is 0.494. The highest BCUT2D eigenvalue weighted by Gasteiger charge is 2.22. The van der Waals surface area contributed by atoms with Crippen LogP contribution in [-0.4, -0.2) is 69.4 Å². The maximum atomic E-state index is 13.9. The zero-order chi connectivity index (χ0) is 24.1. The lowest BCUT2D eigenvalue weighted by Gasteiger charge is -2.30. The topological polar surface area (TPSA) is 82.6 Å². The number of carbonyl (C=O) groups excluding carboxylic acids is 1. The molecule has 9 heteroatoms. The summed E-state index contributed by atoms with van der Waals surface area (Å²) in [6.45, 7) is 6.01. The van der Waals surface area contributed by atoms with E-state index in [0.29, 0.717) is 37.4 Å². The van der Waals surface area contributed by atoms with Gasteiger partial charge in [-0.25, -0.2) is 9.37 Å². The van der Waals surface area contributed by atoms with E-state index in [4.69, 9.17) is 9.72 Å². The molecule has 1 aromatic heterocycles. The number of likely N-dealkylation sites (N-methyl/N-ethyl adjacent to an activating group) is 1. The molecule has 2 aromatic carbocycles. The molecular weight excluding hydrogens is 435 g/mol. The molecule has 0 aliphatic carbocycles. The number of hydrogen-bond acceptors (Lipinski definition) is 7. The van der Waals surface area contributed by atoms with E-state index in [1.54, 1.807) is 18.3 Å². The standard InChI is InChI=1S/C25H31FN6O2/c1-17(31(3)20-6-4-5-19(26)15-20)21-13-18(25(33)28-8-7-27-2)14-22-24(21)30-23(16-29-22)32-9-11-34-12-10-32/h4-6,13-17,27H,7-12H2,1-3H3,(H,28,33). The molecule has 0 radical (unpaired) electrons. The van der Waals surface area contributed by atoms with E-state index in [9.17, 15) is 9.18 Å². The first-order valence-corrected chi connectivity index (χ1v) is 11.5. The Bertz CT molecular complexity index is 1150. The summed E-state index contributed by atoms with van der Waals surface area (Å²) in [7, 11) is 3.75. The lowest BCUT2D eigenvalue weighted by Crippen LogP contribution is -2.36. The number of anilines is 2. The number of aromatic nitrogens is 2. The Labute approximate surface area is 199 Å². The highest BCUT2D eigenvalue weighted by Crippen LogP contribution is 2.31. The second-order valence-electron chi connectivity index (χ2n) is 8.39. The van der Waals surface area contributed by atoms with Crippen molar-refractivity contribution in [1.82, 2.24) is 20.6 Å². The van der Waals surface area contributed by atoms with Crippen molar-refractivity contribution in [1.29, 1.82) is 0 Å². The van der Waals surface area contributed by atoms with E-state index in [0.717, 1.165) is 35.7 Å². The molecule has 1 aliphatic rings. The van der Waals surface area contributed by atoms with Gasteiger partial charge < -0.3 is 25.2 Å². The van der Waals surface area contributed by atoms with Crippen LogP contribution in [0.5, 0.6) is 0 Å². The van der Waals surface area contributed by atoms with Gasteiger partial charge in [0.25, 0.3) is 5.91 Å². The van der Waals surface area contributed by atoms with E-state index >= 15 is 0 Å². The summed E-state index contributed by atoms with van der Waals surface area (Å²) < 4.78 is 19.4. The number of rotatable bonds is 8. The molecule has 8 nitrogen and oxygen atoms in total. The summed E-state index contributed by atoms with van der Waals surface area (Å²) in [4.78, 5) is 26.6. The fourth-order valence-corrected chi connectivity index (χ4v) is 4.06. The largest absolute Gasteiger partial charge is 0.378 e. The van der Waals surface area contributed by atoms with Crippen LogP contribution in [0.2, 0.25) is 0 Å². The van der Waals surface area contributed by atoms with Crippen LogP contribution >= 0.6 is 0 Å². The van der Waals surface area contributed by atoms with Crippen LogP contribution in [0.1, 0.15) is 28.9 Å². The van der Waals surface area contributed by atoms with Gasteiger partial charge in [-0.2, -0.15) is 0 Å². The van der Waals surface area contributed by atoms with Gasteiger partial charge in [-0.15, -0.1) is 0 Å². The van der Waals surface area contributed by atoms with Crippen LogP contribution in [0.4, 0.5) is 15.9 Å². The van der Waals surface area contributed by atoms with Gasteiger partial charge in [0.05, 0.1) is 36.5 Å². The van der Waals surface area contributed by atoms with E-state index in [1.165, 1.54) is 12.1 Å². The molecule has 1 aliphatic heterocycles. The Kier molecular flexibility index (Phi) is 7.54. The average molecular weight is 467 g/mol. The van der Waals surface area contributed by atoms with E-state index in [-0.39, 0.29) is 17.8 Å². The molecule has 3 aromatic rings. The number of halogens is 1. The van der Waals surface area contributed by atoms with Crippen molar-refractivity contribution in [3.05, 3.63) is 59.5 Å². The Hall–Kier alpha value is -3.30. The van der Waals surface area contributed by atoms with Crippen LogP contribution in [0.25, 0.3) is 11.0 Å². The van der Waals surface area contributed by atoms with Gasteiger partial charge in [0.2, 0.25) is 0 Å². The van der Waals surface area contributed by atoms with Crippen molar-refractivity contribution in [2.45, 2.75) is 13.0 Å². The highest BCUT2D eigenvalue weighted by atomic mass is 19.1. The summed E-state index contributed by atoms with van der Waals surface area (Å²) in [6.07, 6.45) is 1.75. The number of carbonyl (C=O) groups is 1. The average Bonchev–Trinajstić information content (AvgIpc) is 2.87. The highest BCUT2D eigenvalue weighted by molar-refractivity contribution is 5.98. The van der Waals surface area contributed by atoms with E-state index in [2.05, 4.69) is 20.5 Å². The lowest BCUT2D eigenvalue weighted by molar-refractivity contribution is 0.0954. The molecular formula is C25H31FN6O2. The summed E-state index contributed by atoms with van der Waals surface area (Å²) in [6, 6.07) is 9.93. The molecule has 0 bridgehead atoms. The predicted molar refractivity (Wildman–Crippen MR) is 132 cm³/mol. The molecule has 4 rings (SSSR count). The minimum atomic E-state index is -0.298. The van der Waals surface area contributed by atoms with Crippen molar-refractivity contribution < 1.29 is 13.9 Å². The van der Waals surface area contributed by atoms with Crippen LogP contribution in [0, 0.1) is 5.82 Å². The van der Waals surface area contributed by atoms with E-state index in [1.807, 2.05) is 38.1 Å². The minimum Gasteiger partial charge on any atom is -0.378 e. The van der Waals surface area contributed by atoms with Gasteiger partial charge in [0, 0.05) is 50.0 Å². The molecule has 180 valence electrons. The molecule has 2 heterocycles. The molecule has 1 fully saturated rings. The summed E-state index contributed by atoms with van der Waals surface area (Å²) in [5.41, 5.74) is 3.48. The predicted octanol–water partition coefficient (Wildman–Crippen LogP) is 2.75. The SMILES string of the molecule is CNCCNC(=O)c1cc(C(C)N(C)c2cccc(F)c2)c2nc(N3CCOCC3)cnc2c1. The molecule has 1 saturated heterocycles. The maximum Gasteiger partial charge on any atom is 0.251 e. The van der Waals surface area contributed by atoms with Crippen LogP contribution < -0.4 is 20.4 Å². The van der Waals surface area contributed by atoms with Gasteiger partial charge >= 0.3 is 0 Å². The molecule has 1 unspecified atom stereocenters. The van der Waals surface area contributed by atoms with Gasteiger partial charge in [0.1, 0.15) is 11.6 Å². The molecule has 0 saturated carbocycles. The van der Waals surface area contributed by atoms with E-state index < -0.39 is 0 Å². The third kappa shape index (κ3) is 5.26. The lowest BCUT2D eigenvalue weighted by atomic mass is 10.0.